The Morgan fingerprint density at radius 3 is 2.45 bits per heavy atom. The van der Waals surface area contributed by atoms with E-state index >= 15 is 0 Å². The van der Waals surface area contributed by atoms with Gasteiger partial charge in [-0.05, 0) is 24.1 Å². The summed E-state index contributed by atoms with van der Waals surface area (Å²) in [4.78, 5) is 0. The van der Waals surface area contributed by atoms with Crippen molar-refractivity contribution in [2.75, 3.05) is 13.6 Å². The molecule has 3 atom stereocenters. The highest BCUT2D eigenvalue weighted by molar-refractivity contribution is 8.01. The third-order valence-corrected chi connectivity index (χ3v) is 5.48. The van der Waals surface area contributed by atoms with E-state index in [9.17, 15) is 0 Å². The van der Waals surface area contributed by atoms with Crippen molar-refractivity contribution in [2.45, 2.75) is 50.3 Å². The van der Waals surface area contributed by atoms with E-state index in [0.717, 1.165) is 13.1 Å². The molecule has 1 heterocycles. The van der Waals surface area contributed by atoms with Gasteiger partial charge in [0.2, 0.25) is 0 Å². The topological polar surface area (TPSA) is 24.1 Å². The molecule has 2 N–H and O–H groups in total. The molecule has 0 aliphatic carbocycles. The van der Waals surface area contributed by atoms with Crippen molar-refractivity contribution in [1.82, 2.24) is 10.6 Å². The molecule has 3 unspecified atom stereocenters. The van der Waals surface area contributed by atoms with Gasteiger partial charge in [0.05, 0.1) is 0 Å². The first-order valence-electron chi connectivity index (χ1n) is 7.55. The quantitative estimate of drug-likeness (QED) is 0.887. The lowest BCUT2D eigenvalue weighted by Crippen LogP contribution is -2.21. The smallest absolute Gasteiger partial charge is 0.0357 e. The van der Waals surface area contributed by atoms with E-state index in [2.05, 4.69) is 74.4 Å². The zero-order chi connectivity index (χ0) is 14.8. The Hall–Kier alpha value is -0.510. The zero-order valence-electron chi connectivity index (χ0n) is 13.4. The molecule has 0 amide bonds. The fourth-order valence-corrected chi connectivity index (χ4v) is 4.36. The molecular formula is C17H28N2S. The SMILES string of the molecule is CNCc1ccc(C2NCC(SC(C)(C)C)C2C)cc1. The standard InChI is InChI=1S/C17H28N2S/c1-12-15(20-17(2,3)4)11-19-16(12)14-8-6-13(7-9-14)10-18-5/h6-9,12,15-16,18-19H,10-11H2,1-5H3. The van der Waals surface area contributed by atoms with Crippen molar-refractivity contribution in [2.24, 2.45) is 5.92 Å². The Kier molecular flexibility index (Phi) is 5.16. The first kappa shape index (κ1) is 15.9. The van der Waals surface area contributed by atoms with Gasteiger partial charge in [-0.3, -0.25) is 0 Å². The van der Waals surface area contributed by atoms with Crippen LogP contribution >= 0.6 is 11.8 Å². The molecule has 2 rings (SSSR count). The van der Waals surface area contributed by atoms with Crippen molar-refractivity contribution in [3.8, 4) is 0 Å². The van der Waals surface area contributed by atoms with Crippen LogP contribution in [0.1, 0.15) is 44.9 Å². The summed E-state index contributed by atoms with van der Waals surface area (Å²) in [6.07, 6.45) is 0. The molecule has 112 valence electrons. The second-order valence-corrected chi connectivity index (χ2v) is 8.85. The summed E-state index contributed by atoms with van der Waals surface area (Å²) in [5.74, 6) is 0.675. The van der Waals surface area contributed by atoms with Gasteiger partial charge >= 0.3 is 0 Å². The van der Waals surface area contributed by atoms with E-state index < -0.39 is 0 Å². The Morgan fingerprint density at radius 1 is 1.25 bits per heavy atom. The minimum absolute atomic E-state index is 0.339. The predicted octanol–water partition coefficient (Wildman–Crippen LogP) is 3.59. The van der Waals surface area contributed by atoms with Gasteiger partial charge in [0.1, 0.15) is 0 Å². The maximum absolute atomic E-state index is 3.71. The van der Waals surface area contributed by atoms with Crippen LogP contribution in [0.5, 0.6) is 0 Å². The van der Waals surface area contributed by atoms with E-state index in [4.69, 9.17) is 0 Å². The highest BCUT2D eigenvalue weighted by Gasteiger charge is 2.35. The molecule has 2 nitrogen and oxygen atoms in total. The van der Waals surface area contributed by atoms with Crippen LogP contribution in [0.25, 0.3) is 0 Å². The molecule has 0 spiro atoms. The monoisotopic (exact) mass is 292 g/mol. The highest BCUT2D eigenvalue weighted by Crippen LogP contribution is 2.40. The Balaban J connectivity index is 2.03. The van der Waals surface area contributed by atoms with Crippen LogP contribution in [0, 0.1) is 5.92 Å². The Labute approximate surface area is 128 Å². The molecule has 0 bridgehead atoms. The lowest BCUT2D eigenvalue weighted by Gasteiger charge is -2.26. The van der Waals surface area contributed by atoms with Crippen LogP contribution in [0.4, 0.5) is 0 Å². The fourth-order valence-electron chi connectivity index (χ4n) is 2.90. The van der Waals surface area contributed by atoms with Crippen molar-refractivity contribution < 1.29 is 0 Å². The molecule has 1 saturated heterocycles. The van der Waals surface area contributed by atoms with E-state index in [1.165, 1.54) is 11.1 Å². The van der Waals surface area contributed by atoms with Gasteiger partial charge in [0, 0.05) is 29.1 Å². The molecule has 1 aliphatic heterocycles. The van der Waals surface area contributed by atoms with Crippen LogP contribution < -0.4 is 10.6 Å². The minimum Gasteiger partial charge on any atom is -0.316 e. The molecule has 1 fully saturated rings. The molecule has 3 heteroatoms. The maximum Gasteiger partial charge on any atom is 0.0357 e. The van der Waals surface area contributed by atoms with E-state index in [-0.39, 0.29) is 0 Å². The molecule has 0 aromatic heterocycles. The predicted molar refractivity (Wildman–Crippen MR) is 90.2 cm³/mol. The molecule has 1 aromatic carbocycles. The second kappa shape index (κ2) is 6.50. The number of benzene rings is 1. The highest BCUT2D eigenvalue weighted by atomic mass is 32.2. The van der Waals surface area contributed by atoms with E-state index in [0.29, 0.717) is 22.0 Å². The van der Waals surface area contributed by atoms with Crippen LogP contribution in [0.2, 0.25) is 0 Å². The largest absolute Gasteiger partial charge is 0.316 e. The number of hydrogen-bond donors (Lipinski definition) is 2. The van der Waals surface area contributed by atoms with Gasteiger partial charge in [-0.1, -0.05) is 52.0 Å². The van der Waals surface area contributed by atoms with Crippen LogP contribution in [-0.2, 0) is 6.54 Å². The second-order valence-electron chi connectivity index (χ2n) is 6.79. The molecule has 0 saturated carbocycles. The first-order chi connectivity index (χ1) is 9.40. The molecule has 1 aliphatic rings. The van der Waals surface area contributed by atoms with Gasteiger partial charge in [0.15, 0.2) is 0 Å². The maximum atomic E-state index is 3.71. The fraction of sp³-hybridized carbons (Fsp3) is 0.647. The van der Waals surface area contributed by atoms with E-state index in [1.54, 1.807) is 0 Å². The molecule has 1 aromatic rings. The lowest BCUT2D eigenvalue weighted by atomic mass is 9.95. The van der Waals surface area contributed by atoms with Gasteiger partial charge in [-0.15, -0.1) is 0 Å². The average Bonchev–Trinajstić information content (AvgIpc) is 2.71. The molecular weight excluding hydrogens is 264 g/mol. The van der Waals surface area contributed by atoms with Crippen LogP contribution in [-0.4, -0.2) is 23.6 Å². The summed E-state index contributed by atoms with van der Waals surface area (Å²) in [5.41, 5.74) is 2.77. The zero-order valence-corrected chi connectivity index (χ0v) is 14.2. The van der Waals surface area contributed by atoms with Crippen molar-refractivity contribution in [3.63, 3.8) is 0 Å². The van der Waals surface area contributed by atoms with Crippen molar-refractivity contribution in [1.29, 1.82) is 0 Å². The summed E-state index contributed by atoms with van der Waals surface area (Å²) in [6.45, 7) is 11.4. The number of thioether (sulfide) groups is 1. The average molecular weight is 292 g/mol. The van der Waals surface area contributed by atoms with Crippen LogP contribution in [0.15, 0.2) is 24.3 Å². The first-order valence-corrected chi connectivity index (χ1v) is 8.43. The third kappa shape index (κ3) is 4.00. The van der Waals surface area contributed by atoms with Gasteiger partial charge in [0.25, 0.3) is 0 Å². The Bertz CT molecular complexity index is 422. The van der Waals surface area contributed by atoms with Crippen molar-refractivity contribution >= 4 is 11.8 Å². The normalized spacial score (nSPS) is 26.9. The van der Waals surface area contributed by atoms with Gasteiger partial charge < -0.3 is 10.6 Å². The summed E-state index contributed by atoms with van der Waals surface area (Å²) < 4.78 is 0.339. The Morgan fingerprint density at radius 2 is 1.90 bits per heavy atom. The van der Waals surface area contributed by atoms with Crippen molar-refractivity contribution in [3.05, 3.63) is 35.4 Å². The van der Waals surface area contributed by atoms with E-state index in [1.807, 2.05) is 7.05 Å². The van der Waals surface area contributed by atoms with Gasteiger partial charge in [-0.25, -0.2) is 0 Å². The molecule has 20 heavy (non-hydrogen) atoms. The summed E-state index contributed by atoms with van der Waals surface area (Å²) >= 11 is 2.11. The third-order valence-electron chi connectivity index (χ3n) is 3.88. The van der Waals surface area contributed by atoms with Crippen LogP contribution in [0.3, 0.4) is 0 Å². The number of nitrogens with one attached hydrogen (secondary N) is 2. The minimum atomic E-state index is 0.339. The summed E-state index contributed by atoms with van der Waals surface area (Å²) in [5, 5.41) is 7.61. The lowest BCUT2D eigenvalue weighted by molar-refractivity contribution is 0.507. The number of rotatable bonds is 4. The van der Waals surface area contributed by atoms with Gasteiger partial charge in [-0.2, -0.15) is 11.8 Å². The number of hydrogen-bond acceptors (Lipinski definition) is 3. The molecule has 0 radical (unpaired) electrons. The summed E-state index contributed by atoms with van der Waals surface area (Å²) in [7, 11) is 1.99. The summed E-state index contributed by atoms with van der Waals surface area (Å²) in [6, 6.07) is 9.55.